The fraction of sp³-hybridized carbons (Fsp3) is 0.333. The summed E-state index contributed by atoms with van der Waals surface area (Å²) in [5, 5.41) is 1.45. The predicted molar refractivity (Wildman–Crippen MR) is 49.9 cm³/mol. The largest absolute Gasteiger partial charge is 0.368 e. The van der Waals surface area contributed by atoms with Crippen LogP contribution in [0, 0.1) is 6.92 Å². The molecule has 0 bridgehead atoms. The highest BCUT2D eigenvalue weighted by atomic mass is 35.5. The van der Waals surface area contributed by atoms with Crippen LogP contribution >= 0.6 is 23.2 Å². The first kappa shape index (κ1) is 8.36. The van der Waals surface area contributed by atoms with Crippen LogP contribution in [0.1, 0.15) is 17.2 Å². The van der Waals surface area contributed by atoms with Gasteiger partial charge in [0.15, 0.2) is 0 Å². The van der Waals surface area contributed by atoms with Gasteiger partial charge in [-0.1, -0.05) is 29.3 Å². The molecule has 0 radical (unpaired) electrons. The van der Waals surface area contributed by atoms with E-state index < -0.39 is 0 Å². The minimum atomic E-state index is 0.202. The Labute approximate surface area is 81.2 Å². The molecule has 1 aromatic rings. The Bertz CT molecular complexity index is 319. The van der Waals surface area contributed by atoms with Crippen LogP contribution in [0.2, 0.25) is 10.0 Å². The molecule has 1 heterocycles. The zero-order chi connectivity index (χ0) is 8.72. The molecule has 64 valence electrons. The fourth-order valence-corrected chi connectivity index (χ4v) is 1.65. The molecule has 0 aromatic heterocycles. The summed E-state index contributed by atoms with van der Waals surface area (Å²) in [6.07, 6.45) is 0.202. The van der Waals surface area contributed by atoms with Crippen LogP contribution in [0.15, 0.2) is 12.1 Å². The van der Waals surface area contributed by atoms with Gasteiger partial charge in [-0.25, -0.2) is 0 Å². The van der Waals surface area contributed by atoms with Crippen molar-refractivity contribution in [3.63, 3.8) is 0 Å². The van der Waals surface area contributed by atoms with E-state index in [0.29, 0.717) is 5.02 Å². The molecule has 0 amide bonds. The summed E-state index contributed by atoms with van der Waals surface area (Å²) in [5.41, 5.74) is 1.99. The number of hydrogen-bond acceptors (Lipinski definition) is 1. The number of rotatable bonds is 1. The third-order valence-electron chi connectivity index (χ3n) is 2.03. The van der Waals surface area contributed by atoms with Crippen LogP contribution in [0.4, 0.5) is 0 Å². The van der Waals surface area contributed by atoms with Crippen LogP contribution in [0.25, 0.3) is 0 Å². The average Bonchev–Trinajstić information content (AvgIpc) is 2.84. The van der Waals surface area contributed by atoms with E-state index in [1.54, 1.807) is 0 Å². The van der Waals surface area contributed by atoms with Gasteiger partial charge in [0.05, 0.1) is 11.6 Å². The van der Waals surface area contributed by atoms with Gasteiger partial charge in [-0.05, 0) is 18.6 Å². The Hall–Kier alpha value is -0.240. The van der Waals surface area contributed by atoms with Crippen molar-refractivity contribution in [2.24, 2.45) is 0 Å². The van der Waals surface area contributed by atoms with Gasteiger partial charge in [0.25, 0.3) is 0 Å². The Morgan fingerprint density at radius 1 is 1.42 bits per heavy atom. The molecule has 0 unspecified atom stereocenters. The van der Waals surface area contributed by atoms with Gasteiger partial charge in [0, 0.05) is 10.6 Å². The summed E-state index contributed by atoms with van der Waals surface area (Å²) >= 11 is 12.0. The molecule has 1 aliphatic heterocycles. The first-order valence-corrected chi connectivity index (χ1v) is 4.52. The van der Waals surface area contributed by atoms with E-state index in [4.69, 9.17) is 27.9 Å². The molecule has 0 N–H and O–H groups in total. The molecular weight excluding hydrogens is 195 g/mol. The van der Waals surface area contributed by atoms with Crippen molar-refractivity contribution in [1.29, 1.82) is 0 Å². The molecule has 0 saturated carbocycles. The Kier molecular flexibility index (Phi) is 2.03. The molecule has 12 heavy (non-hydrogen) atoms. The summed E-state index contributed by atoms with van der Waals surface area (Å²) in [7, 11) is 0. The van der Waals surface area contributed by atoms with Gasteiger partial charge in [-0.2, -0.15) is 0 Å². The molecule has 1 nitrogen and oxygen atoms in total. The van der Waals surface area contributed by atoms with Crippen molar-refractivity contribution in [3.05, 3.63) is 33.3 Å². The van der Waals surface area contributed by atoms with E-state index in [1.165, 1.54) is 0 Å². The quantitative estimate of drug-likeness (QED) is 0.637. The molecule has 1 saturated heterocycles. The Morgan fingerprint density at radius 2 is 2.08 bits per heavy atom. The monoisotopic (exact) mass is 202 g/mol. The van der Waals surface area contributed by atoms with Gasteiger partial charge < -0.3 is 4.74 Å². The zero-order valence-corrected chi connectivity index (χ0v) is 8.12. The maximum absolute atomic E-state index is 6.07. The van der Waals surface area contributed by atoms with Gasteiger partial charge in [-0.15, -0.1) is 0 Å². The molecule has 1 fully saturated rings. The number of epoxide rings is 1. The third-order valence-corrected chi connectivity index (χ3v) is 2.94. The van der Waals surface area contributed by atoms with Crippen molar-refractivity contribution in [2.75, 3.05) is 6.61 Å². The van der Waals surface area contributed by atoms with E-state index in [2.05, 4.69) is 0 Å². The Balaban J connectivity index is 2.49. The lowest BCUT2D eigenvalue weighted by Gasteiger charge is -2.04. The molecular formula is C9H8Cl2O. The number of halogens is 2. The number of ether oxygens (including phenoxy) is 1. The summed E-state index contributed by atoms with van der Waals surface area (Å²) in [4.78, 5) is 0. The normalized spacial score (nSPS) is 21.1. The van der Waals surface area contributed by atoms with Gasteiger partial charge in [0.1, 0.15) is 6.10 Å². The second-order valence-electron chi connectivity index (χ2n) is 2.90. The van der Waals surface area contributed by atoms with Gasteiger partial charge in [0.2, 0.25) is 0 Å². The minimum Gasteiger partial charge on any atom is -0.368 e. The molecule has 1 atom stereocenters. The maximum atomic E-state index is 6.07. The lowest BCUT2D eigenvalue weighted by Crippen LogP contribution is -1.86. The third kappa shape index (κ3) is 1.33. The van der Waals surface area contributed by atoms with Crippen LogP contribution in [-0.4, -0.2) is 6.61 Å². The Morgan fingerprint density at radius 3 is 2.67 bits per heavy atom. The van der Waals surface area contributed by atoms with Crippen molar-refractivity contribution in [2.45, 2.75) is 13.0 Å². The molecule has 2 rings (SSSR count). The molecule has 0 aliphatic carbocycles. The highest BCUT2D eigenvalue weighted by Gasteiger charge is 2.27. The zero-order valence-electron chi connectivity index (χ0n) is 6.60. The maximum Gasteiger partial charge on any atom is 0.107 e. The van der Waals surface area contributed by atoms with Gasteiger partial charge in [-0.3, -0.25) is 0 Å². The molecule has 1 aliphatic rings. The number of hydrogen-bond donors (Lipinski definition) is 0. The first-order chi connectivity index (χ1) is 5.70. The SMILES string of the molecule is Cc1c(Cl)ccc([C@H]2CO2)c1Cl. The van der Waals surface area contributed by atoms with E-state index in [-0.39, 0.29) is 6.10 Å². The highest BCUT2D eigenvalue weighted by Crippen LogP contribution is 2.38. The lowest BCUT2D eigenvalue weighted by atomic mass is 10.1. The molecule has 1 aromatic carbocycles. The van der Waals surface area contributed by atoms with Crippen LogP contribution in [-0.2, 0) is 4.74 Å². The number of benzene rings is 1. The van der Waals surface area contributed by atoms with Crippen molar-refractivity contribution in [3.8, 4) is 0 Å². The van der Waals surface area contributed by atoms with Gasteiger partial charge >= 0.3 is 0 Å². The second kappa shape index (κ2) is 2.91. The van der Waals surface area contributed by atoms with E-state index >= 15 is 0 Å². The summed E-state index contributed by atoms with van der Waals surface area (Å²) in [6, 6.07) is 3.79. The van der Waals surface area contributed by atoms with Crippen LogP contribution in [0.3, 0.4) is 0 Å². The lowest BCUT2D eigenvalue weighted by molar-refractivity contribution is 0.415. The minimum absolute atomic E-state index is 0.202. The fourth-order valence-electron chi connectivity index (χ4n) is 1.16. The van der Waals surface area contributed by atoms with Crippen molar-refractivity contribution < 1.29 is 4.74 Å². The van der Waals surface area contributed by atoms with Crippen LogP contribution in [0.5, 0.6) is 0 Å². The summed E-state index contributed by atoms with van der Waals surface area (Å²) in [6.45, 7) is 2.69. The topological polar surface area (TPSA) is 12.5 Å². The molecule has 0 spiro atoms. The van der Waals surface area contributed by atoms with Crippen molar-refractivity contribution >= 4 is 23.2 Å². The summed E-state index contributed by atoms with van der Waals surface area (Å²) in [5.74, 6) is 0. The highest BCUT2D eigenvalue weighted by molar-refractivity contribution is 6.36. The van der Waals surface area contributed by atoms with E-state index in [9.17, 15) is 0 Å². The van der Waals surface area contributed by atoms with E-state index in [1.807, 2.05) is 19.1 Å². The smallest absolute Gasteiger partial charge is 0.107 e. The molecule has 3 heteroatoms. The van der Waals surface area contributed by atoms with E-state index in [0.717, 1.165) is 22.8 Å². The average molecular weight is 203 g/mol. The van der Waals surface area contributed by atoms with Crippen LogP contribution < -0.4 is 0 Å². The second-order valence-corrected chi connectivity index (χ2v) is 3.68. The first-order valence-electron chi connectivity index (χ1n) is 3.76. The standard InChI is InChI=1S/C9H8Cl2O/c1-5-7(10)3-2-6(9(5)11)8-4-12-8/h2-3,8H,4H2,1H3/t8-/m1/s1. The predicted octanol–water partition coefficient (Wildman–Crippen LogP) is 3.37. The summed E-state index contributed by atoms with van der Waals surface area (Å²) < 4.78 is 5.14. The van der Waals surface area contributed by atoms with Crippen molar-refractivity contribution in [1.82, 2.24) is 0 Å².